The second-order valence-electron chi connectivity index (χ2n) is 7.16. The number of nitrogens with zero attached hydrogens (tertiary/aromatic N) is 3. The predicted molar refractivity (Wildman–Crippen MR) is 97.6 cm³/mol. The van der Waals surface area contributed by atoms with E-state index in [1.807, 2.05) is 6.07 Å². The van der Waals surface area contributed by atoms with Gasteiger partial charge >= 0.3 is 0 Å². The van der Waals surface area contributed by atoms with Gasteiger partial charge in [-0.25, -0.2) is 8.78 Å². The fraction of sp³-hybridized carbons (Fsp3) is 0.400. The molecule has 0 radical (unpaired) electrons. The summed E-state index contributed by atoms with van der Waals surface area (Å²) in [6.45, 7) is 8.17. The topological polar surface area (TPSA) is 9.72 Å². The first-order chi connectivity index (χ1) is 12.0. The summed E-state index contributed by atoms with van der Waals surface area (Å²) in [4.78, 5) is 6.92. The van der Waals surface area contributed by atoms with Crippen LogP contribution in [0.5, 0.6) is 0 Å². The van der Waals surface area contributed by atoms with Crippen LogP contribution < -0.4 is 9.80 Å². The maximum absolute atomic E-state index is 13.9. The Labute approximate surface area is 147 Å². The molecular weight excluding hydrogens is 320 g/mol. The Bertz CT molecular complexity index is 754. The standard InChI is InChI=1S/C20H23F2N3/c1-14(2)23-12-18(13-23)25-10-9-24(17-6-3-15(21)4-7-17)20-11-16(22)5-8-19(20)25/h3-8,11,14,18H,9-10,12-13H2,1-2H3. The van der Waals surface area contributed by atoms with Gasteiger partial charge in [-0.3, -0.25) is 4.90 Å². The summed E-state index contributed by atoms with van der Waals surface area (Å²) in [6, 6.07) is 12.4. The lowest BCUT2D eigenvalue weighted by Crippen LogP contribution is -2.63. The van der Waals surface area contributed by atoms with Gasteiger partial charge in [0.2, 0.25) is 0 Å². The molecule has 0 amide bonds. The first-order valence-electron chi connectivity index (χ1n) is 8.86. The number of fused-ring (bicyclic) bond motifs is 1. The fourth-order valence-electron chi connectivity index (χ4n) is 3.78. The minimum Gasteiger partial charge on any atom is -0.362 e. The summed E-state index contributed by atoms with van der Waals surface area (Å²) in [5.41, 5.74) is 2.82. The van der Waals surface area contributed by atoms with Crippen LogP contribution in [0.1, 0.15) is 13.8 Å². The quantitative estimate of drug-likeness (QED) is 0.834. The van der Waals surface area contributed by atoms with Crippen LogP contribution in [-0.2, 0) is 0 Å². The SMILES string of the molecule is CC(C)N1CC(N2CCN(c3ccc(F)cc3)c3cc(F)ccc32)C1. The van der Waals surface area contributed by atoms with Gasteiger partial charge in [0.05, 0.1) is 17.4 Å². The van der Waals surface area contributed by atoms with E-state index in [1.165, 1.54) is 18.2 Å². The van der Waals surface area contributed by atoms with Crippen molar-refractivity contribution in [2.45, 2.75) is 25.9 Å². The molecule has 0 spiro atoms. The van der Waals surface area contributed by atoms with E-state index in [1.54, 1.807) is 18.2 Å². The molecule has 1 saturated heterocycles. The normalized spacial score (nSPS) is 18.4. The Kier molecular flexibility index (Phi) is 4.12. The Morgan fingerprint density at radius 2 is 1.56 bits per heavy atom. The average molecular weight is 343 g/mol. The zero-order valence-corrected chi connectivity index (χ0v) is 14.6. The lowest BCUT2D eigenvalue weighted by Gasteiger charge is -2.51. The number of rotatable bonds is 3. The summed E-state index contributed by atoms with van der Waals surface area (Å²) < 4.78 is 27.2. The number of benzene rings is 2. The molecule has 3 nitrogen and oxygen atoms in total. The molecule has 2 aliphatic rings. The van der Waals surface area contributed by atoms with E-state index in [9.17, 15) is 8.78 Å². The second-order valence-corrected chi connectivity index (χ2v) is 7.16. The van der Waals surface area contributed by atoms with Crippen LogP contribution in [-0.4, -0.2) is 43.2 Å². The number of anilines is 3. The number of hydrogen-bond donors (Lipinski definition) is 0. The van der Waals surface area contributed by atoms with Crippen LogP contribution in [0.3, 0.4) is 0 Å². The van der Waals surface area contributed by atoms with E-state index in [0.29, 0.717) is 12.1 Å². The molecule has 0 aromatic heterocycles. The Morgan fingerprint density at radius 1 is 0.880 bits per heavy atom. The third-order valence-electron chi connectivity index (χ3n) is 5.30. The predicted octanol–water partition coefficient (Wildman–Crippen LogP) is 4.02. The van der Waals surface area contributed by atoms with Gasteiger partial charge in [0.15, 0.2) is 0 Å². The van der Waals surface area contributed by atoms with Gasteiger partial charge in [0.25, 0.3) is 0 Å². The summed E-state index contributed by atoms with van der Waals surface area (Å²) in [6.07, 6.45) is 0. The van der Waals surface area contributed by atoms with Crippen LogP contribution in [0.25, 0.3) is 0 Å². The first-order valence-corrected chi connectivity index (χ1v) is 8.86. The van der Waals surface area contributed by atoms with Crippen molar-refractivity contribution in [2.75, 3.05) is 36.0 Å². The highest BCUT2D eigenvalue weighted by Gasteiger charge is 2.36. The monoisotopic (exact) mass is 343 g/mol. The van der Waals surface area contributed by atoms with Crippen molar-refractivity contribution in [3.63, 3.8) is 0 Å². The molecule has 0 N–H and O–H groups in total. The number of likely N-dealkylation sites (tertiary alicyclic amines) is 1. The van der Waals surface area contributed by atoms with Gasteiger partial charge in [-0.2, -0.15) is 0 Å². The molecule has 2 aliphatic heterocycles. The summed E-state index contributed by atoms with van der Waals surface area (Å²) in [7, 11) is 0. The maximum atomic E-state index is 13.9. The molecule has 1 fully saturated rings. The van der Waals surface area contributed by atoms with Crippen molar-refractivity contribution in [1.29, 1.82) is 0 Å². The molecule has 0 unspecified atom stereocenters. The largest absolute Gasteiger partial charge is 0.362 e. The minimum atomic E-state index is -0.259. The maximum Gasteiger partial charge on any atom is 0.125 e. The third kappa shape index (κ3) is 2.97. The van der Waals surface area contributed by atoms with Gasteiger partial charge in [-0.15, -0.1) is 0 Å². The van der Waals surface area contributed by atoms with E-state index in [2.05, 4.69) is 28.5 Å². The molecule has 2 aromatic rings. The summed E-state index contributed by atoms with van der Waals surface area (Å²) >= 11 is 0. The summed E-state index contributed by atoms with van der Waals surface area (Å²) in [5.74, 6) is -0.504. The molecule has 4 rings (SSSR count). The van der Waals surface area contributed by atoms with E-state index in [4.69, 9.17) is 0 Å². The molecule has 0 bridgehead atoms. The third-order valence-corrected chi connectivity index (χ3v) is 5.30. The highest BCUT2D eigenvalue weighted by atomic mass is 19.1. The smallest absolute Gasteiger partial charge is 0.125 e. The second kappa shape index (κ2) is 6.30. The zero-order valence-electron chi connectivity index (χ0n) is 14.6. The fourth-order valence-corrected chi connectivity index (χ4v) is 3.78. The zero-order chi connectivity index (χ0) is 17.6. The molecule has 0 aliphatic carbocycles. The first kappa shape index (κ1) is 16.3. The van der Waals surface area contributed by atoms with Gasteiger partial charge in [0, 0.05) is 37.9 Å². The minimum absolute atomic E-state index is 0.245. The summed E-state index contributed by atoms with van der Waals surface area (Å²) in [5, 5.41) is 0. The van der Waals surface area contributed by atoms with Crippen molar-refractivity contribution in [2.24, 2.45) is 0 Å². The van der Waals surface area contributed by atoms with Crippen LogP contribution in [0.2, 0.25) is 0 Å². The average Bonchev–Trinajstić information content (AvgIpc) is 2.54. The molecule has 5 heteroatoms. The highest BCUT2D eigenvalue weighted by Crippen LogP contribution is 2.40. The van der Waals surface area contributed by atoms with Crippen LogP contribution in [0, 0.1) is 11.6 Å². The van der Waals surface area contributed by atoms with Crippen molar-refractivity contribution in [3.8, 4) is 0 Å². The van der Waals surface area contributed by atoms with E-state index in [0.717, 1.165) is 43.2 Å². The molecular formula is C20H23F2N3. The highest BCUT2D eigenvalue weighted by molar-refractivity contribution is 5.80. The van der Waals surface area contributed by atoms with Gasteiger partial charge < -0.3 is 9.80 Å². The van der Waals surface area contributed by atoms with Gasteiger partial charge in [0.1, 0.15) is 11.6 Å². The Hall–Kier alpha value is -2.14. The van der Waals surface area contributed by atoms with Crippen molar-refractivity contribution < 1.29 is 8.78 Å². The molecule has 25 heavy (non-hydrogen) atoms. The lowest BCUT2D eigenvalue weighted by molar-refractivity contribution is 0.107. The van der Waals surface area contributed by atoms with Crippen LogP contribution >= 0.6 is 0 Å². The lowest BCUT2D eigenvalue weighted by atomic mass is 10.0. The number of halogens is 2. The molecule has 2 aromatic carbocycles. The van der Waals surface area contributed by atoms with E-state index in [-0.39, 0.29) is 11.6 Å². The Morgan fingerprint density at radius 3 is 2.24 bits per heavy atom. The van der Waals surface area contributed by atoms with E-state index < -0.39 is 0 Å². The van der Waals surface area contributed by atoms with E-state index >= 15 is 0 Å². The van der Waals surface area contributed by atoms with Gasteiger partial charge in [-0.1, -0.05) is 0 Å². The van der Waals surface area contributed by atoms with Crippen molar-refractivity contribution >= 4 is 17.1 Å². The van der Waals surface area contributed by atoms with Crippen LogP contribution in [0.4, 0.5) is 25.8 Å². The van der Waals surface area contributed by atoms with Gasteiger partial charge in [-0.05, 0) is 56.3 Å². The number of hydrogen-bond acceptors (Lipinski definition) is 3. The van der Waals surface area contributed by atoms with Crippen molar-refractivity contribution in [3.05, 3.63) is 54.1 Å². The molecule has 132 valence electrons. The Balaban J connectivity index is 1.64. The van der Waals surface area contributed by atoms with Crippen molar-refractivity contribution in [1.82, 2.24) is 4.90 Å². The molecule has 0 saturated carbocycles. The van der Waals surface area contributed by atoms with Crippen LogP contribution in [0.15, 0.2) is 42.5 Å². The molecule has 0 atom stereocenters. The molecule has 2 heterocycles.